The van der Waals surface area contributed by atoms with Crippen LogP contribution in [-0.4, -0.2) is 45.3 Å². The number of nitrogens with zero attached hydrogens (tertiary/aromatic N) is 1. The second-order valence-corrected chi connectivity index (χ2v) is 12.0. The molecule has 0 aliphatic carbocycles. The summed E-state index contributed by atoms with van der Waals surface area (Å²) in [6, 6.07) is 18.1. The lowest BCUT2D eigenvalue weighted by molar-refractivity contribution is 0.0953. The molecule has 0 saturated carbocycles. The van der Waals surface area contributed by atoms with Crippen LogP contribution in [0.2, 0.25) is 0 Å². The van der Waals surface area contributed by atoms with Crippen molar-refractivity contribution >= 4 is 15.9 Å². The lowest BCUT2D eigenvalue weighted by Gasteiger charge is -2.17. The first-order chi connectivity index (χ1) is 19.6. The zero-order valence-corrected chi connectivity index (χ0v) is 25.4. The fraction of sp³-hybridized carbons (Fsp3) is 0.406. The van der Waals surface area contributed by atoms with Crippen molar-refractivity contribution < 1.29 is 22.0 Å². The fourth-order valence-electron chi connectivity index (χ4n) is 4.06. The first-order valence-corrected chi connectivity index (χ1v) is 15.6. The highest BCUT2D eigenvalue weighted by Gasteiger charge is 2.20. The second kappa shape index (κ2) is 17.6. The highest BCUT2D eigenvalue weighted by molar-refractivity contribution is 7.89. The van der Waals surface area contributed by atoms with Gasteiger partial charge in [-0.2, -0.15) is 0 Å². The maximum Gasteiger partial charge on any atom is 0.251 e. The van der Waals surface area contributed by atoms with Gasteiger partial charge in [-0.05, 0) is 85.8 Å². The van der Waals surface area contributed by atoms with E-state index in [-0.39, 0.29) is 10.8 Å². The Bertz CT molecular complexity index is 1280. The molecule has 3 rings (SSSR count). The molecule has 3 aromatic rings. The van der Waals surface area contributed by atoms with Gasteiger partial charge in [0, 0.05) is 38.3 Å². The summed E-state index contributed by atoms with van der Waals surface area (Å²) in [5.41, 5.74) is 3.66. The Morgan fingerprint density at radius 1 is 0.854 bits per heavy atom. The predicted molar refractivity (Wildman–Crippen MR) is 161 cm³/mol. The van der Waals surface area contributed by atoms with E-state index < -0.39 is 21.7 Å². The van der Waals surface area contributed by atoms with Gasteiger partial charge in [-0.15, -0.1) is 0 Å². The van der Waals surface area contributed by atoms with Gasteiger partial charge >= 0.3 is 0 Å². The van der Waals surface area contributed by atoms with Gasteiger partial charge in [0.05, 0.1) is 4.90 Å². The van der Waals surface area contributed by atoms with E-state index in [0.29, 0.717) is 24.2 Å². The van der Waals surface area contributed by atoms with E-state index in [4.69, 9.17) is 0 Å². The first-order valence-electron chi connectivity index (χ1n) is 14.1. The Balaban J connectivity index is 0.000000553. The Morgan fingerprint density at radius 3 is 2.12 bits per heavy atom. The normalized spacial score (nSPS) is 11.2. The number of carbonyl (C=O) groups excluding carboxylic acids is 1. The van der Waals surface area contributed by atoms with Gasteiger partial charge < -0.3 is 10.6 Å². The van der Waals surface area contributed by atoms with Crippen LogP contribution in [0.1, 0.15) is 66.6 Å². The van der Waals surface area contributed by atoms with Crippen LogP contribution in [0, 0.1) is 18.6 Å². The molecule has 1 amide bonds. The van der Waals surface area contributed by atoms with Gasteiger partial charge in [-0.1, -0.05) is 51.0 Å². The minimum Gasteiger partial charge on any atom is -0.352 e. The molecule has 0 bridgehead atoms. The van der Waals surface area contributed by atoms with E-state index in [1.54, 1.807) is 26.1 Å². The SMILES string of the molecule is CCCCCN(C)S(=O)(=O)c1ccc(C(=O)NCCCNCc2cccc(CC)c2)cc1.Cc1cc(F)cc(F)c1. The number of halogens is 2. The molecule has 0 atom stereocenters. The molecule has 41 heavy (non-hydrogen) atoms. The largest absolute Gasteiger partial charge is 0.352 e. The van der Waals surface area contributed by atoms with Crippen molar-refractivity contribution in [2.24, 2.45) is 0 Å². The molecule has 3 aromatic carbocycles. The van der Waals surface area contributed by atoms with Crippen LogP contribution in [0.4, 0.5) is 8.78 Å². The molecular formula is C32H43F2N3O3S. The van der Waals surface area contributed by atoms with Crippen molar-refractivity contribution in [3.63, 3.8) is 0 Å². The van der Waals surface area contributed by atoms with E-state index in [2.05, 4.69) is 48.7 Å². The summed E-state index contributed by atoms with van der Waals surface area (Å²) in [6.45, 7) is 8.54. The number of aryl methyl sites for hydroxylation is 2. The summed E-state index contributed by atoms with van der Waals surface area (Å²) in [6.07, 6.45) is 4.73. The van der Waals surface area contributed by atoms with Crippen molar-refractivity contribution in [2.45, 2.75) is 64.3 Å². The third-order valence-electron chi connectivity index (χ3n) is 6.45. The Labute approximate surface area is 244 Å². The highest BCUT2D eigenvalue weighted by Crippen LogP contribution is 2.16. The maximum atomic E-state index is 12.6. The molecule has 0 aliphatic heterocycles. The summed E-state index contributed by atoms with van der Waals surface area (Å²) in [7, 11) is -1.93. The van der Waals surface area contributed by atoms with Gasteiger partial charge in [-0.3, -0.25) is 4.79 Å². The van der Waals surface area contributed by atoms with Crippen molar-refractivity contribution in [1.29, 1.82) is 0 Å². The van der Waals surface area contributed by atoms with Crippen LogP contribution in [-0.2, 0) is 23.0 Å². The van der Waals surface area contributed by atoms with Crippen LogP contribution in [0.25, 0.3) is 0 Å². The van der Waals surface area contributed by atoms with Crippen LogP contribution >= 0.6 is 0 Å². The van der Waals surface area contributed by atoms with Crippen molar-refractivity contribution in [1.82, 2.24) is 14.9 Å². The number of benzene rings is 3. The number of hydrogen-bond acceptors (Lipinski definition) is 4. The molecular weight excluding hydrogens is 544 g/mol. The van der Waals surface area contributed by atoms with Gasteiger partial charge in [0.25, 0.3) is 5.91 Å². The molecule has 0 spiro atoms. The Kier molecular flexibility index (Phi) is 14.6. The number of hydrogen-bond donors (Lipinski definition) is 2. The fourth-order valence-corrected chi connectivity index (χ4v) is 5.27. The Morgan fingerprint density at radius 2 is 1.51 bits per heavy atom. The van der Waals surface area contributed by atoms with Crippen LogP contribution in [0.3, 0.4) is 0 Å². The molecule has 224 valence electrons. The smallest absolute Gasteiger partial charge is 0.251 e. The summed E-state index contributed by atoms with van der Waals surface area (Å²) in [5, 5.41) is 6.29. The zero-order chi connectivity index (χ0) is 30.3. The third kappa shape index (κ3) is 12.1. The van der Waals surface area contributed by atoms with Crippen molar-refractivity contribution in [3.8, 4) is 0 Å². The molecule has 0 heterocycles. The van der Waals surface area contributed by atoms with Gasteiger partial charge in [0.2, 0.25) is 10.0 Å². The molecule has 6 nitrogen and oxygen atoms in total. The molecule has 0 fully saturated rings. The first kappa shape index (κ1) is 34.1. The summed E-state index contributed by atoms with van der Waals surface area (Å²) in [4.78, 5) is 12.6. The van der Waals surface area contributed by atoms with Crippen LogP contribution < -0.4 is 10.6 Å². The second-order valence-electron chi connectivity index (χ2n) is 9.96. The summed E-state index contributed by atoms with van der Waals surface area (Å²) in [5.74, 6) is -1.24. The van der Waals surface area contributed by atoms with Crippen LogP contribution in [0.5, 0.6) is 0 Å². The quantitative estimate of drug-likeness (QED) is 0.219. The number of nitrogens with one attached hydrogen (secondary N) is 2. The molecule has 0 aliphatic rings. The number of carbonyl (C=O) groups is 1. The van der Waals surface area contributed by atoms with E-state index in [0.717, 1.165) is 51.3 Å². The average Bonchev–Trinajstić information content (AvgIpc) is 2.94. The summed E-state index contributed by atoms with van der Waals surface area (Å²) >= 11 is 0. The van der Waals surface area contributed by atoms with Gasteiger partial charge in [0.15, 0.2) is 0 Å². The van der Waals surface area contributed by atoms with E-state index >= 15 is 0 Å². The minimum atomic E-state index is -3.52. The lowest BCUT2D eigenvalue weighted by atomic mass is 10.1. The standard InChI is InChI=1S/C25H37N3O3S.C7H6F2/c1-4-6-7-18-28(3)32(30,31)24-14-12-23(13-15-24)25(29)27-17-9-16-26-20-22-11-8-10-21(5-2)19-22;1-5-2-6(8)4-7(9)3-5/h8,10-15,19,26H,4-7,9,16-18,20H2,1-3H3,(H,27,29);2-4H,1H3. The lowest BCUT2D eigenvalue weighted by Crippen LogP contribution is -2.28. The zero-order valence-electron chi connectivity index (χ0n) is 24.6. The molecule has 0 saturated heterocycles. The number of rotatable bonds is 14. The summed E-state index contributed by atoms with van der Waals surface area (Å²) < 4.78 is 51.0. The third-order valence-corrected chi connectivity index (χ3v) is 8.32. The van der Waals surface area contributed by atoms with E-state index in [9.17, 15) is 22.0 Å². The van der Waals surface area contributed by atoms with Crippen molar-refractivity contribution in [3.05, 3.63) is 101 Å². The van der Waals surface area contributed by atoms with Gasteiger partial charge in [-0.25, -0.2) is 21.5 Å². The molecule has 0 radical (unpaired) electrons. The van der Waals surface area contributed by atoms with Gasteiger partial charge in [0.1, 0.15) is 11.6 Å². The Hall–Kier alpha value is -3.14. The minimum absolute atomic E-state index is 0.194. The number of sulfonamides is 1. The predicted octanol–water partition coefficient (Wildman–Crippen LogP) is 6.24. The monoisotopic (exact) mass is 587 g/mol. The topological polar surface area (TPSA) is 78.5 Å². The number of unbranched alkanes of at least 4 members (excludes halogenated alkanes) is 2. The molecule has 0 unspecified atom stereocenters. The van der Waals surface area contributed by atoms with E-state index in [1.807, 2.05) is 0 Å². The van der Waals surface area contributed by atoms with Crippen molar-refractivity contribution in [2.75, 3.05) is 26.7 Å². The highest BCUT2D eigenvalue weighted by atomic mass is 32.2. The average molecular weight is 588 g/mol. The molecule has 9 heteroatoms. The maximum absolute atomic E-state index is 12.6. The molecule has 0 aromatic heterocycles. The number of amides is 1. The van der Waals surface area contributed by atoms with E-state index in [1.165, 1.54) is 39.7 Å². The van der Waals surface area contributed by atoms with Crippen LogP contribution in [0.15, 0.2) is 71.6 Å². The molecule has 2 N–H and O–H groups in total.